The van der Waals surface area contributed by atoms with Crippen LogP contribution in [0.3, 0.4) is 0 Å². The minimum Gasteiger partial charge on any atom is -0.463 e. The van der Waals surface area contributed by atoms with Crippen LogP contribution in [0.15, 0.2) is 12.7 Å². The van der Waals surface area contributed by atoms with E-state index in [0.29, 0.717) is 6.61 Å². The van der Waals surface area contributed by atoms with E-state index in [-0.39, 0.29) is 12.1 Å². The van der Waals surface area contributed by atoms with Crippen LogP contribution in [0, 0.1) is 0 Å². The first-order valence-electron chi connectivity index (χ1n) is 6.18. The second-order valence-electron chi connectivity index (χ2n) is 4.02. The van der Waals surface area contributed by atoms with Crippen LogP contribution in [-0.2, 0) is 9.53 Å². The van der Waals surface area contributed by atoms with Crippen molar-refractivity contribution in [1.82, 2.24) is 0 Å². The Morgan fingerprint density at radius 1 is 1.31 bits per heavy atom. The lowest BCUT2D eigenvalue weighted by atomic mass is 10.1. The molecule has 1 unspecified atom stereocenters. The van der Waals surface area contributed by atoms with Crippen molar-refractivity contribution in [3.63, 3.8) is 0 Å². The quantitative estimate of drug-likeness (QED) is 0.355. The molecule has 0 radical (unpaired) electrons. The number of rotatable bonds is 10. The van der Waals surface area contributed by atoms with E-state index in [1.165, 1.54) is 18.9 Å². The fraction of sp³-hybridized carbons (Fsp3) is 0.769. The van der Waals surface area contributed by atoms with E-state index in [9.17, 15) is 9.90 Å². The number of ether oxygens (including phenoxy) is 1. The maximum absolute atomic E-state index is 10.7. The Balaban J connectivity index is 3.23. The highest BCUT2D eigenvalue weighted by molar-refractivity contribution is 5.81. The van der Waals surface area contributed by atoms with Gasteiger partial charge < -0.3 is 9.84 Å². The number of carbonyl (C=O) groups is 1. The van der Waals surface area contributed by atoms with Crippen molar-refractivity contribution in [3.8, 4) is 0 Å². The summed E-state index contributed by atoms with van der Waals surface area (Å²) < 4.78 is 4.83. The summed E-state index contributed by atoms with van der Waals surface area (Å²) >= 11 is 0. The zero-order chi connectivity index (χ0) is 12.2. The summed E-state index contributed by atoms with van der Waals surface area (Å²) in [4.78, 5) is 10.7. The molecule has 0 spiro atoms. The lowest BCUT2D eigenvalue weighted by Crippen LogP contribution is -2.07. The molecule has 94 valence electrons. The van der Waals surface area contributed by atoms with Crippen molar-refractivity contribution in [2.24, 2.45) is 0 Å². The van der Waals surface area contributed by atoms with Crippen LogP contribution >= 0.6 is 0 Å². The number of esters is 1. The van der Waals surface area contributed by atoms with Crippen LogP contribution in [0.2, 0.25) is 0 Å². The fourth-order valence-corrected chi connectivity index (χ4v) is 1.49. The molecule has 1 N–H and O–H groups in total. The minimum atomic E-state index is -0.372. The summed E-state index contributed by atoms with van der Waals surface area (Å²) in [7, 11) is 0. The number of aliphatic hydroxyl groups is 1. The van der Waals surface area contributed by atoms with Crippen molar-refractivity contribution in [2.75, 3.05) is 6.61 Å². The van der Waals surface area contributed by atoms with Gasteiger partial charge in [0, 0.05) is 6.08 Å². The van der Waals surface area contributed by atoms with Gasteiger partial charge in [-0.15, -0.1) is 0 Å². The highest BCUT2D eigenvalue weighted by atomic mass is 16.5. The molecule has 0 saturated heterocycles. The smallest absolute Gasteiger partial charge is 0.330 e. The average molecular weight is 228 g/mol. The fourth-order valence-electron chi connectivity index (χ4n) is 1.49. The van der Waals surface area contributed by atoms with E-state index >= 15 is 0 Å². The van der Waals surface area contributed by atoms with Gasteiger partial charge in [-0.2, -0.15) is 0 Å². The van der Waals surface area contributed by atoms with Gasteiger partial charge in [-0.25, -0.2) is 4.79 Å². The number of aliphatic hydroxyl groups excluding tert-OH is 1. The topological polar surface area (TPSA) is 46.5 Å². The molecule has 0 saturated carbocycles. The molecule has 16 heavy (non-hydrogen) atoms. The van der Waals surface area contributed by atoms with Gasteiger partial charge in [0.25, 0.3) is 0 Å². The van der Waals surface area contributed by atoms with E-state index in [0.717, 1.165) is 32.1 Å². The predicted octanol–water partition coefficient (Wildman–Crippen LogP) is 2.83. The van der Waals surface area contributed by atoms with Crippen LogP contribution in [0.25, 0.3) is 0 Å². The molecule has 0 aromatic carbocycles. The molecule has 0 amide bonds. The SMILES string of the molecule is C=CC(=O)OCCCCC(O)CCCCC. The molecule has 1 atom stereocenters. The van der Waals surface area contributed by atoms with Gasteiger partial charge in [0.2, 0.25) is 0 Å². The lowest BCUT2D eigenvalue weighted by molar-refractivity contribution is -0.137. The standard InChI is InChI=1S/C13H24O3/c1-3-5-6-9-12(14)10-7-8-11-16-13(15)4-2/h4,12,14H,2-3,5-11H2,1H3. The Morgan fingerprint density at radius 2 is 1.94 bits per heavy atom. The third-order valence-corrected chi connectivity index (χ3v) is 2.48. The van der Waals surface area contributed by atoms with Crippen molar-refractivity contribution < 1.29 is 14.6 Å². The molecule has 0 heterocycles. The lowest BCUT2D eigenvalue weighted by Gasteiger charge is -2.09. The molecule has 0 aliphatic heterocycles. The maximum atomic E-state index is 10.7. The van der Waals surface area contributed by atoms with Crippen LogP contribution in [0.1, 0.15) is 51.9 Å². The Morgan fingerprint density at radius 3 is 2.50 bits per heavy atom. The molecule has 0 aromatic rings. The molecular weight excluding hydrogens is 204 g/mol. The Kier molecular flexibility index (Phi) is 10.1. The summed E-state index contributed by atoms with van der Waals surface area (Å²) in [5, 5.41) is 9.61. The highest BCUT2D eigenvalue weighted by Gasteiger charge is 2.03. The number of carbonyl (C=O) groups excluding carboxylic acids is 1. The summed E-state index contributed by atoms with van der Waals surface area (Å²) in [5.41, 5.74) is 0. The second kappa shape index (κ2) is 10.7. The van der Waals surface area contributed by atoms with Crippen molar-refractivity contribution >= 4 is 5.97 Å². The van der Waals surface area contributed by atoms with Crippen LogP contribution in [-0.4, -0.2) is 23.8 Å². The molecule has 0 rings (SSSR count). The van der Waals surface area contributed by atoms with Crippen molar-refractivity contribution in [1.29, 1.82) is 0 Å². The van der Waals surface area contributed by atoms with Crippen LogP contribution in [0.4, 0.5) is 0 Å². The van der Waals surface area contributed by atoms with Crippen molar-refractivity contribution in [3.05, 3.63) is 12.7 Å². The van der Waals surface area contributed by atoms with E-state index in [1.54, 1.807) is 0 Å². The summed E-state index contributed by atoms with van der Waals surface area (Å²) in [6, 6.07) is 0. The first kappa shape index (κ1) is 15.2. The Labute approximate surface area is 98.5 Å². The molecule has 0 aromatic heterocycles. The molecule has 3 heteroatoms. The van der Waals surface area contributed by atoms with Crippen LogP contribution < -0.4 is 0 Å². The largest absolute Gasteiger partial charge is 0.463 e. The van der Waals surface area contributed by atoms with E-state index in [1.807, 2.05) is 0 Å². The summed E-state index contributed by atoms with van der Waals surface area (Å²) in [5.74, 6) is -0.372. The average Bonchev–Trinajstić information content (AvgIpc) is 2.28. The van der Waals surface area contributed by atoms with E-state index in [4.69, 9.17) is 4.74 Å². The predicted molar refractivity (Wildman–Crippen MR) is 65.2 cm³/mol. The summed E-state index contributed by atoms with van der Waals surface area (Å²) in [6.07, 6.45) is 7.85. The van der Waals surface area contributed by atoms with Gasteiger partial charge in [0.15, 0.2) is 0 Å². The highest BCUT2D eigenvalue weighted by Crippen LogP contribution is 2.09. The molecule has 0 bridgehead atoms. The van der Waals surface area contributed by atoms with Crippen molar-refractivity contribution in [2.45, 2.75) is 58.0 Å². The molecule has 0 aliphatic carbocycles. The number of hydrogen-bond donors (Lipinski definition) is 1. The Hall–Kier alpha value is -0.830. The van der Waals surface area contributed by atoms with Gasteiger partial charge in [-0.05, 0) is 25.7 Å². The van der Waals surface area contributed by atoms with Gasteiger partial charge in [0.05, 0.1) is 12.7 Å². The first-order valence-corrected chi connectivity index (χ1v) is 6.18. The zero-order valence-corrected chi connectivity index (χ0v) is 10.3. The van der Waals surface area contributed by atoms with Gasteiger partial charge >= 0.3 is 5.97 Å². The van der Waals surface area contributed by atoms with Gasteiger partial charge in [-0.3, -0.25) is 0 Å². The van der Waals surface area contributed by atoms with E-state index < -0.39 is 0 Å². The number of hydrogen-bond acceptors (Lipinski definition) is 3. The maximum Gasteiger partial charge on any atom is 0.330 e. The molecule has 3 nitrogen and oxygen atoms in total. The monoisotopic (exact) mass is 228 g/mol. The number of unbranched alkanes of at least 4 members (excludes halogenated alkanes) is 3. The third-order valence-electron chi connectivity index (χ3n) is 2.48. The Bertz CT molecular complexity index is 190. The van der Waals surface area contributed by atoms with Gasteiger partial charge in [0.1, 0.15) is 0 Å². The molecular formula is C13H24O3. The molecule has 0 aliphatic rings. The zero-order valence-electron chi connectivity index (χ0n) is 10.3. The van der Waals surface area contributed by atoms with Gasteiger partial charge in [-0.1, -0.05) is 32.8 Å². The first-order chi connectivity index (χ1) is 7.70. The minimum absolute atomic E-state index is 0.193. The normalized spacial score (nSPS) is 12.1. The third kappa shape index (κ3) is 9.71. The van der Waals surface area contributed by atoms with Crippen LogP contribution in [0.5, 0.6) is 0 Å². The molecule has 0 fully saturated rings. The van der Waals surface area contributed by atoms with E-state index in [2.05, 4.69) is 13.5 Å². The second-order valence-corrected chi connectivity index (χ2v) is 4.02. The summed E-state index contributed by atoms with van der Waals surface area (Å²) in [6.45, 7) is 5.89.